The number of fused-ring (bicyclic) bond motifs is 2. The summed E-state index contributed by atoms with van der Waals surface area (Å²) in [6.07, 6.45) is 1.47. The summed E-state index contributed by atoms with van der Waals surface area (Å²) in [5, 5.41) is 5.92. The van der Waals surface area contributed by atoms with E-state index in [0.717, 1.165) is 12.0 Å². The Morgan fingerprint density at radius 3 is 2.36 bits per heavy atom. The van der Waals surface area contributed by atoms with Crippen LogP contribution in [0.25, 0.3) is 0 Å². The average Bonchev–Trinajstić information content (AvgIpc) is 2.72. The van der Waals surface area contributed by atoms with Crippen molar-refractivity contribution in [1.82, 2.24) is 10.6 Å². The van der Waals surface area contributed by atoms with Crippen LogP contribution in [0, 0.1) is 23.2 Å². The van der Waals surface area contributed by atoms with Crippen molar-refractivity contribution in [1.29, 1.82) is 0 Å². The minimum atomic E-state index is -0.784. The van der Waals surface area contributed by atoms with Crippen molar-refractivity contribution in [3.8, 4) is 0 Å². The number of carbonyl (C=O) groups is 3. The Kier molecular flexibility index (Phi) is 7.39. The third-order valence-electron chi connectivity index (χ3n) is 7.14. The van der Waals surface area contributed by atoms with Crippen LogP contribution in [-0.2, 0) is 25.5 Å². The van der Waals surface area contributed by atoms with Crippen molar-refractivity contribution >= 4 is 18.0 Å². The minimum Gasteiger partial charge on any atom is -0.464 e. The van der Waals surface area contributed by atoms with Gasteiger partial charge in [-0.05, 0) is 63.4 Å². The summed E-state index contributed by atoms with van der Waals surface area (Å²) in [6, 6.07) is 8.42. The molecule has 0 aliphatic heterocycles. The van der Waals surface area contributed by atoms with Crippen LogP contribution in [0.4, 0.5) is 4.79 Å². The third kappa shape index (κ3) is 5.87. The van der Waals surface area contributed by atoms with Gasteiger partial charge in [-0.2, -0.15) is 0 Å². The molecule has 2 bridgehead atoms. The van der Waals surface area contributed by atoms with Crippen molar-refractivity contribution in [2.45, 2.75) is 78.5 Å². The van der Waals surface area contributed by atoms with Crippen molar-refractivity contribution < 1.29 is 23.9 Å². The Morgan fingerprint density at radius 2 is 1.79 bits per heavy atom. The second-order valence-electron chi connectivity index (χ2n) is 10.9. The molecule has 3 aliphatic carbocycles. The zero-order valence-electron chi connectivity index (χ0n) is 20.6. The number of amides is 2. The number of rotatable bonds is 7. The minimum absolute atomic E-state index is 0.0427. The Labute approximate surface area is 197 Å². The molecule has 4 rings (SSSR count). The van der Waals surface area contributed by atoms with Gasteiger partial charge in [0, 0.05) is 12.5 Å². The highest BCUT2D eigenvalue weighted by Crippen LogP contribution is 2.60. The van der Waals surface area contributed by atoms with Gasteiger partial charge in [-0.1, -0.05) is 44.2 Å². The van der Waals surface area contributed by atoms with E-state index in [1.165, 1.54) is 0 Å². The highest BCUT2D eigenvalue weighted by molar-refractivity contribution is 5.87. The molecular formula is C26H38N2O5. The molecule has 3 aliphatic rings. The molecule has 3 saturated carbocycles. The van der Waals surface area contributed by atoms with Crippen molar-refractivity contribution in [3.05, 3.63) is 35.9 Å². The van der Waals surface area contributed by atoms with Crippen LogP contribution in [0.15, 0.2) is 30.3 Å². The van der Waals surface area contributed by atoms with Crippen LogP contribution in [0.1, 0.15) is 59.9 Å². The fraction of sp³-hybridized carbons (Fsp3) is 0.654. The number of carbonyl (C=O) groups excluding carboxylic acids is 3. The Morgan fingerprint density at radius 1 is 1.12 bits per heavy atom. The van der Waals surface area contributed by atoms with Gasteiger partial charge in [-0.3, -0.25) is 4.79 Å². The van der Waals surface area contributed by atoms with E-state index < -0.39 is 29.6 Å². The Bertz CT molecular complexity index is 861. The monoisotopic (exact) mass is 458 g/mol. The molecule has 0 spiro atoms. The molecule has 1 aromatic carbocycles. The summed E-state index contributed by atoms with van der Waals surface area (Å²) >= 11 is 0. The van der Waals surface area contributed by atoms with Gasteiger partial charge in [0.1, 0.15) is 11.6 Å². The van der Waals surface area contributed by atoms with Gasteiger partial charge in [0.25, 0.3) is 0 Å². The lowest BCUT2D eigenvalue weighted by molar-refractivity contribution is -0.153. The molecular weight excluding hydrogens is 420 g/mol. The molecule has 2 amide bonds. The van der Waals surface area contributed by atoms with Crippen molar-refractivity contribution in [2.24, 2.45) is 23.2 Å². The second-order valence-corrected chi connectivity index (χ2v) is 10.9. The quantitative estimate of drug-likeness (QED) is 0.606. The first-order chi connectivity index (χ1) is 15.4. The predicted molar refractivity (Wildman–Crippen MR) is 125 cm³/mol. The molecule has 2 N–H and O–H groups in total. The normalized spacial score (nSPS) is 26.4. The van der Waals surface area contributed by atoms with E-state index in [2.05, 4.69) is 24.5 Å². The van der Waals surface area contributed by atoms with Gasteiger partial charge in [0.15, 0.2) is 0 Å². The first-order valence-electron chi connectivity index (χ1n) is 11.9. The summed E-state index contributed by atoms with van der Waals surface area (Å²) in [7, 11) is 0. The number of hydrogen-bond acceptors (Lipinski definition) is 5. The lowest BCUT2D eigenvalue weighted by atomic mass is 9.45. The summed E-state index contributed by atoms with van der Waals surface area (Å²) in [6.45, 7) is 11.8. The topological polar surface area (TPSA) is 93.7 Å². The fourth-order valence-electron chi connectivity index (χ4n) is 5.28. The lowest BCUT2D eigenvalue weighted by Gasteiger charge is -2.62. The summed E-state index contributed by atoms with van der Waals surface area (Å²) in [5.41, 5.74) is 0.354. The molecule has 0 aromatic heterocycles. The summed E-state index contributed by atoms with van der Waals surface area (Å²) < 4.78 is 10.7. The maximum absolute atomic E-state index is 13.5. The van der Waals surface area contributed by atoms with Crippen molar-refractivity contribution in [3.63, 3.8) is 0 Å². The van der Waals surface area contributed by atoms with Gasteiger partial charge in [-0.25, -0.2) is 9.59 Å². The highest BCUT2D eigenvalue weighted by atomic mass is 16.6. The van der Waals surface area contributed by atoms with E-state index in [1.54, 1.807) is 6.92 Å². The molecule has 0 heterocycles. The summed E-state index contributed by atoms with van der Waals surface area (Å²) in [5.74, 6) is -0.523. The van der Waals surface area contributed by atoms with Gasteiger partial charge >= 0.3 is 12.1 Å². The van der Waals surface area contributed by atoms with Crippen molar-refractivity contribution in [2.75, 3.05) is 6.61 Å². The van der Waals surface area contributed by atoms with E-state index >= 15 is 0 Å². The van der Waals surface area contributed by atoms with Crippen LogP contribution in [-0.4, -0.2) is 42.3 Å². The third-order valence-corrected chi connectivity index (χ3v) is 7.14. The van der Waals surface area contributed by atoms with E-state index in [-0.39, 0.29) is 29.9 Å². The van der Waals surface area contributed by atoms with E-state index in [9.17, 15) is 14.4 Å². The number of alkyl carbamates (subject to hydrolysis) is 1. The Hall–Kier alpha value is -2.57. The molecule has 7 heteroatoms. The zero-order chi connectivity index (χ0) is 24.4. The number of ether oxygens (including phenoxy) is 2. The maximum atomic E-state index is 13.5. The standard InChI is InChI=1S/C26H38N2O5/c1-7-32-23(30)20(13-16-11-9-8-10-12-16)27-22(29)18-14-17-15-19(26(17,5)6)21(18)28-24(31)33-25(2,3)4/h8-12,17-21H,7,13-15H2,1-6H3,(H,27,29)(H,28,31)/t17-,18+,19-,20+,21-/m1/s1. The van der Waals surface area contributed by atoms with E-state index in [4.69, 9.17) is 9.47 Å². The van der Waals surface area contributed by atoms with Gasteiger partial charge in [0.05, 0.1) is 12.5 Å². The van der Waals surface area contributed by atoms with Gasteiger partial charge in [0.2, 0.25) is 5.91 Å². The van der Waals surface area contributed by atoms with Crippen LogP contribution >= 0.6 is 0 Å². The molecule has 3 fully saturated rings. The highest BCUT2D eigenvalue weighted by Gasteiger charge is 2.60. The molecule has 33 heavy (non-hydrogen) atoms. The fourth-order valence-corrected chi connectivity index (χ4v) is 5.28. The van der Waals surface area contributed by atoms with E-state index in [1.807, 2.05) is 51.1 Å². The predicted octanol–water partition coefficient (Wildman–Crippen LogP) is 3.85. The molecule has 1 aromatic rings. The number of benzene rings is 1. The van der Waals surface area contributed by atoms with E-state index in [0.29, 0.717) is 18.8 Å². The molecule has 7 nitrogen and oxygen atoms in total. The van der Waals surface area contributed by atoms with Gasteiger partial charge < -0.3 is 20.1 Å². The molecule has 0 saturated heterocycles. The molecule has 5 atom stereocenters. The van der Waals surface area contributed by atoms with Crippen LogP contribution in [0.5, 0.6) is 0 Å². The SMILES string of the molecule is CCOC(=O)[C@H](Cc1ccccc1)NC(=O)[C@H]1C[C@@H]2C[C@H]([C@@H]1NC(=O)OC(C)(C)C)C2(C)C. The maximum Gasteiger partial charge on any atom is 0.407 e. The number of nitrogens with one attached hydrogen (secondary N) is 2. The van der Waals surface area contributed by atoms with Gasteiger partial charge in [-0.15, -0.1) is 0 Å². The van der Waals surface area contributed by atoms with Crippen LogP contribution in [0.2, 0.25) is 0 Å². The summed E-state index contributed by atoms with van der Waals surface area (Å²) in [4.78, 5) is 38.7. The largest absolute Gasteiger partial charge is 0.464 e. The number of hydrogen-bond donors (Lipinski definition) is 2. The lowest BCUT2D eigenvalue weighted by Crippen LogP contribution is -2.66. The molecule has 0 radical (unpaired) electrons. The first-order valence-corrected chi connectivity index (χ1v) is 11.9. The number of esters is 1. The van der Waals surface area contributed by atoms with Crippen LogP contribution < -0.4 is 10.6 Å². The second kappa shape index (κ2) is 9.74. The zero-order valence-corrected chi connectivity index (χ0v) is 20.6. The Balaban J connectivity index is 1.76. The molecule has 182 valence electrons. The van der Waals surface area contributed by atoms with Crippen LogP contribution in [0.3, 0.4) is 0 Å². The first kappa shape index (κ1) is 25.1. The average molecular weight is 459 g/mol. The smallest absolute Gasteiger partial charge is 0.407 e. The molecule has 0 unspecified atom stereocenters.